The molecule has 2 N–H and O–H groups in total. The summed E-state index contributed by atoms with van der Waals surface area (Å²) in [6.07, 6.45) is 0. The molecule has 0 fully saturated rings. The first kappa shape index (κ1) is 17.7. The normalized spacial score (nSPS) is 10.2. The van der Waals surface area contributed by atoms with E-state index in [2.05, 4.69) is 10.9 Å². The molecule has 1 aromatic heterocycles. The van der Waals surface area contributed by atoms with E-state index in [9.17, 15) is 9.59 Å². The van der Waals surface area contributed by atoms with Crippen LogP contribution in [0.2, 0.25) is 0 Å². The molecule has 2 aromatic carbocycles. The van der Waals surface area contributed by atoms with Gasteiger partial charge in [0.1, 0.15) is 5.75 Å². The first-order chi connectivity index (χ1) is 12.6. The fourth-order valence-electron chi connectivity index (χ4n) is 2.37. The number of benzene rings is 2. The van der Waals surface area contributed by atoms with Gasteiger partial charge in [-0.15, -0.1) is 11.3 Å². The maximum Gasteiger partial charge on any atom is 0.279 e. The summed E-state index contributed by atoms with van der Waals surface area (Å²) in [6, 6.07) is 20.9. The molecule has 0 aliphatic carbocycles. The summed E-state index contributed by atoms with van der Waals surface area (Å²) in [4.78, 5) is 25.4. The highest BCUT2D eigenvalue weighted by Crippen LogP contribution is 2.29. The quantitative estimate of drug-likeness (QED) is 0.679. The zero-order chi connectivity index (χ0) is 18.4. The number of hydrazine groups is 1. The molecule has 0 spiro atoms. The van der Waals surface area contributed by atoms with E-state index < -0.39 is 5.91 Å². The number of aryl methyl sites for hydroxylation is 1. The number of amides is 2. The monoisotopic (exact) mass is 366 g/mol. The molecule has 2 amide bonds. The summed E-state index contributed by atoms with van der Waals surface area (Å²) >= 11 is 1.36. The van der Waals surface area contributed by atoms with Crippen LogP contribution in [-0.2, 0) is 4.79 Å². The average molecular weight is 366 g/mol. The van der Waals surface area contributed by atoms with Crippen molar-refractivity contribution in [1.82, 2.24) is 10.9 Å². The van der Waals surface area contributed by atoms with Crippen LogP contribution in [0.4, 0.5) is 0 Å². The molecule has 3 aromatic rings. The maximum atomic E-state index is 12.0. The molecule has 3 rings (SSSR count). The highest BCUT2D eigenvalue weighted by molar-refractivity contribution is 7.13. The van der Waals surface area contributed by atoms with Gasteiger partial charge in [0, 0.05) is 10.4 Å². The maximum absolute atomic E-state index is 12.0. The lowest BCUT2D eigenvalue weighted by molar-refractivity contribution is -0.123. The van der Waals surface area contributed by atoms with Crippen LogP contribution >= 0.6 is 11.3 Å². The molecule has 0 unspecified atom stereocenters. The Morgan fingerprint density at radius 3 is 2.38 bits per heavy atom. The van der Waals surface area contributed by atoms with E-state index in [1.165, 1.54) is 11.3 Å². The number of para-hydroxylation sites is 1. The second-order valence-corrected chi connectivity index (χ2v) is 6.85. The van der Waals surface area contributed by atoms with Crippen LogP contribution in [0.15, 0.2) is 66.7 Å². The molecule has 1 heterocycles. The molecule has 0 saturated heterocycles. The third-order valence-corrected chi connectivity index (χ3v) is 4.61. The van der Waals surface area contributed by atoms with Gasteiger partial charge < -0.3 is 4.74 Å². The number of carbonyl (C=O) groups is 2. The molecular formula is C20H18N2O3S. The number of nitrogens with one attached hydrogen (secondary N) is 2. The van der Waals surface area contributed by atoms with Crippen LogP contribution in [0.5, 0.6) is 5.75 Å². The van der Waals surface area contributed by atoms with Crippen LogP contribution in [0.1, 0.15) is 14.5 Å². The summed E-state index contributed by atoms with van der Waals surface area (Å²) < 4.78 is 5.63. The number of hydrogen-bond acceptors (Lipinski definition) is 4. The first-order valence-electron chi connectivity index (χ1n) is 8.06. The summed E-state index contributed by atoms with van der Waals surface area (Å²) in [6.45, 7) is 1.71. The van der Waals surface area contributed by atoms with Crippen LogP contribution in [-0.4, -0.2) is 18.4 Å². The second-order valence-electron chi connectivity index (χ2n) is 5.56. The molecule has 6 heteroatoms. The minimum Gasteiger partial charge on any atom is -0.483 e. The lowest BCUT2D eigenvalue weighted by Crippen LogP contribution is -2.43. The van der Waals surface area contributed by atoms with Crippen molar-refractivity contribution in [2.45, 2.75) is 6.92 Å². The average Bonchev–Trinajstić information content (AvgIpc) is 3.12. The Hall–Kier alpha value is -3.12. The number of hydrogen-bond donors (Lipinski definition) is 2. The molecular weight excluding hydrogens is 348 g/mol. The van der Waals surface area contributed by atoms with E-state index in [1.807, 2.05) is 67.6 Å². The number of thiophene rings is 1. The van der Waals surface area contributed by atoms with Crippen molar-refractivity contribution in [2.24, 2.45) is 0 Å². The molecule has 26 heavy (non-hydrogen) atoms. The molecule has 0 aliphatic rings. The minimum absolute atomic E-state index is 0.201. The second kappa shape index (κ2) is 8.31. The van der Waals surface area contributed by atoms with Crippen molar-refractivity contribution in [3.8, 4) is 16.9 Å². The van der Waals surface area contributed by atoms with Crippen LogP contribution in [0, 0.1) is 6.92 Å². The van der Waals surface area contributed by atoms with Gasteiger partial charge in [-0.05, 0) is 30.7 Å². The molecule has 0 atom stereocenters. The molecule has 0 bridgehead atoms. The predicted molar refractivity (Wildman–Crippen MR) is 102 cm³/mol. The summed E-state index contributed by atoms with van der Waals surface area (Å²) in [7, 11) is 0. The topological polar surface area (TPSA) is 67.4 Å². The Morgan fingerprint density at radius 2 is 1.65 bits per heavy atom. The fourth-order valence-corrected chi connectivity index (χ4v) is 3.14. The van der Waals surface area contributed by atoms with Gasteiger partial charge in [-0.25, -0.2) is 0 Å². The predicted octanol–water partition coefficient (Wildman–Crippen LogP) is 3.56. The summed E-state index contributed by atoms with van der Waals surface area (Å²) in [5, 5.41) is 0. The van der Waals surface area contributed by atoms with Gasteiger partial charge in [0.15, 0.2) is 6.61 Å². The van der Waals surface area contributed by atoms with Gasteiger partial charge in [-0.1, -0.05) is 48.5 Å². The SMILES string of the molecule is Cc1ccc(C(=O)NNC(=O)COc2ccccc2-c2ccccc2)s1. The smallest absolute Gasteiger partial charge is 0.279 e. The van der Waals surface area contributed by atoms with Crippen molar-refractivity contribution < 1.29 is 14.3 Å². The number of ether oxygens (including phenoxy) is 1. The van der Waals surface area contributed by atoms with Gasteiger partial charge >= 0.3 is 0 Å². The van der Waals surface area contributed by atoms with Gasteiger partial charge in [0.05, 0.1) is 4.88 Å². The molecule has 5 nitrogen and oxygen atoms in total. The van der Waals surface area contributed by atoms with E-state index in [0.717, 1.165) is 16.0 Å². The Labute approximate surface area is 155 Å². The molecule has 0 aliphatic heterocycles. The van der Waals surface area contributed by atoms with Gasteiger partial charge in [-0.2, -0.15) is 0 Å². The van der Waals surface area contributed by atoms with Crippen molar-refractivity contribution >= 4 is 23.2 Å². The van der Waals surface area contributed by atoms with Crippen molar-refractivity contribution in [2.75, 3.05) is 6.61 Å². The highest BCUT2D eigenvalue weighted by Gasteiger charge is 2.11. The lowest BCUT2D eigenvalue weighted by atomic mass is 10.1. The van der Waals surface area contributed by atoms with Gasteiger partial charge in [0.25, 0.3) is 11.8 Å². The highest BCUT2D eigenvalue weighted by atomic mass is 32.1. The Morgan fingerprint density at radius 1 is 0.923 bits per heavy atom. The largest absolute Gasteiger partial charge is 0.483 e. The van der Waals surface area contributed by atoms with Crippen molar-refractivity contribution in [3.05, 3.63) is 76.5 Å². The molecule has 0 radical (unpaired) electrons. The van der Waals surface area contributed by atoms with E-state index in [-0.39, 0.29) is 12.5 Å². The van der Waals surface area contributed by atoms with Crippen molar-refractivity contribution in [1.29, 1.82) is 0 Å². The minimum atomic E-state index is -0.436. The van der Waals surface area contributed by atoms with Crippen molar-refractivity contribution in [3.63, 3.8) is 0 Å². The third-order valence-electron chi connectivity index (χ3n) is 3.61. The third kappa shape index (κ3) is 4.49. The lowest BCUT2D eigenvalue weighted by Gasteiger charge is -2.12. The Bertz CT molecular complexity index is 906. The number of rotatable bonds is 5. The van der Waals surface area contributed by atoms with E-state index >= 15 is 0 Å². The van der Waals surface area contributed by atoms with Crippen LogP contribution < -0.4 is 15.6 Å². The summed E-state index contributed by atoms with van der Waals surface area (Å²) in [5.41, 5.74) is 6.66. The fraction of sp³-hybridized carbons (Fsp3) is 0.100. The van der Waals surface area contributed by atoms with Crippen LogP contribution in [0.25, 0.3) is 11.1 Å². The zero-order valence-corrected chi connectivity index (χ0v) is 15.0. The Balaban J connectivity index is 1.56. The van der Waals surface area contributed by atoms with Crippen LogP contribution in [0.3, 0.4) is 0 Å². The molecule has 132 valence electrons. The standard InChI is InChI=1S/C20H18N2O3S/c1-14-11-12-18(26-14)20(24)22-21-19(23)13-25-17-10-6-5-9-16(17)15-7-3-2-4-8-15/h2-12H,13H2,1H3,(H,21,23)(H,22,24). The summed E-state index contributed by atoms with van der Waals surface area (Å²) in [5.74, 6) is -0.176. The van der Waals surface area contributed by atoms with Gasteiger partial charge in [0.2, 0.25) is 0 Å². The van der Waals surface area contributed by atoms with E-state index in [1.54, 1.807) is 6.07 Å². The molecule has 0 saturated carbocycles. The van der Waals surface area contributed by atoms with Gasteiger partial charge in [-0.3, -0.25) is 20.4 Å². The number of carbonyl (C=O) groups excluding carboxylic acids is 2. The first-order valence-corrected chi connectivity index (χ1v) is 8.88. The Kier molecular flexibility index (Phi) is 5.66. The van der Waals surface area contributed by atoms with E-state index in [0.29, 0.717) is 10.6 Å². The van der Waals surface area contributed by atoms with E-state index in [4.69, 9.17) is 4.74 Å². The zero-order valence-electron chi connectivity index (χ0n) is 14.2.